The SMILES string of the molecule is COc1cc(OC)nc(C(S(C)(=O)=O)S(=O)(=O)c2nc(C)cc(C)n2)n1. The molecule has 2 aromatic rings. The fourth-order valence-corrected chi connectivity index (χ4v) is 5.92. The zero-order valence-corrected chi connectivity index (χ0v) is 16.4. The van der Waals surface area contributed by atoms with Crippen LogP contribution in [0.15, 0.2) is 17.3 Å². The minimum absolute atomic E-state index is 0.0444. The Morgan fingerprint density at radius 2 is 1.31 bits per heavy atom. The first-order valence-electron chi connectivity index (χ1n) is 7.21. The van der Waals surface area contributed by atoms with Crippen LogP contribution in [0.4, 0.5) is 0 Å². The van der Waals surface area contributed by atoms with Gasteiger partial charge in [0.1, 0.15) is 0 Å². The predicted molar refractivity (Wildman–Crippen MR) is 91.4 cm³/mol. The highest BCUT2D eigenvalue weighted by Gasteiger charge is 2.42. The molecule has 142 valence electrons. The molecule has 0 N–H and O–H groups in total. The van der Waals surface area contributed by atoms with Crippen LogP contribution in [0.5, 0.6) is 11.8 Å². The van der Waals surface area contributed by atoms with Gasteiger partial charge in [-0.1, -0.05) is 0 Å². The van der Waals surface area contributed by atoms with Crippen LogP contribution >= 0.6 is 0 Å². The molecule has 12 heteroatoms. The number of aryl methyl sites for hydroxylation is 2. The van der Waals surface area contributed by atoms with Crippen LogP contribution < -0.4 is 9.47 Å². The van der Waals surface area contributed by atoms with Crippen LogP contribution in [0.2, 0.25) is 0 Å². The van der Waals surface area contributed by atoms with E-state index in [2.05, 4.69) is 19.9 Å². The van der Waals surface area contributed by atoms with E-state index in [0.29, 0.717) is 11.4 Å². The average Bonchev–Trinajstić information content (AvgIpc) is 2.51. The third-order valence-corrected chi connectivity index (χ3v) is 7.48. The summed E-state index contributed by atoms with van der Waals surface area (Å²) in [5, 5.41) is -0.615. The maximum Gasteiger partial charge on any atom is 0.249 e. The minimum atomic E-state index is -4.55. The molecule has 0 radical (unpaired) electrons. The molecule has 10 nitrogen and oxygen atoms in total. The molecule has 0 aliphatic heterocycles. The van der Waals surface area contributed by atoms with Gasteiger partial charge in [0.05, 0.1) is 20.3 Å². The topological polar surface area (TPSA) is 138 Å². The van der Waals surface area contributed by atoms with Gasteiger partial charge in [-0.05, 0) is 19.9 Å². The summed E-state index contributed by atoms with van der Waals surface area (Å²) < 4.78 is 58.5. The third-order valence-electron chi connectivity index (χ3n) is 3.21. The van der Waals surface area contributed by atoms with E-state index in [1.807, 2.05) is 0 Å². The molecule has 0 aliphatic carbocycles. The number of rotatable bonds is 6. The van der Waals surface area contributed by atoms with Gasteiger partial charge in [0.25, 0.3) is 0 Å². The fourth-order valence-electron chi connectivity index (χ4n) is 2.21. The summed E-state index contributed by atoms with van der Waals surface area (Å²) in [5.74, 6) is -0.597. The largest absolute Gasteiger partial charge is 0.481 e. The molecule has 0 aliphatic rings. The van der Waals surface area contributed by atoms with Crippen LogP contribution in [-0.4, -0.2) is 57.2 Å². The number of aromatic nitrogens is 4. The zero-order valence-electron chi connectivity index (χ0n) is 14.8. The normalized spacial score (nSPS) is 13.3. The Morgan fingerprint density at radius 3 is 1.69 bits per heavy atom. The molecule has 1 atom stereocenters. The molecule has 2 aromatic heterocycles. The molecule has 0 saturated carbocycles. The Labute approximate surface area is 151 Å². The van der Waals surface area contributed by atoms with Crippen LogP contribution in [0, 0.1) is 13.8 Å². The van der Waals surface area contributed by atoms with Crippen molar-refractivity contribution >= 4 is 19.7 Å². The average molecular weight is 402 g/mol. The van der Waals surface area contributed by atoms with Gasteiger partial charge in [0, 0.05) is 17.6 Å². The molecule has 0 bridgehead atoms. The summed E-state index contributed by atoms with van der Waals surface area (Å²) in [5.41, 5.74) is 0.764. The van der Waals surface area contributed by atoms with Gasteiger partial charge < -0.3 is 9.47 Å². The monoisotopic (exact) mass is 402 g/mol. The van der Waals surface area contributed by atoms with E-state index in [0.717, 1.165) is 6.26 Å². The molecule has 0 spiro atoms. The van der Waals surface area contributed by atoms with Crippen molar-refractivity contribution in [2.24, 2.45) is 0 Å². The van der Waals surface area contributed by atoms with Crippen molar-refractivity contribution in [2.75, 3.05) is 20.5 Å². The second-order valence-electron chi connectivity index (χ2n) is 5.45. The Morgan fingerprint density at radius 1 is 0.846 bits per heavy atom. The highest BCUT2D eigenvalue weighted by molar-refractivity contribution is 8.08. The lowest BCUT2D eigenvalue weighted by molar-refractivity contribution is 0.369. The van der Waals surface area contributed by atoms with E-state index in [1.165, 1.54) is 20.3 Å². The van der Waals surface area contributed by atoms with Crippen molar-refractivity contribution in [3.8, 4) is 11.8 Å². The summed E-state index contributed by atoms with van der Waals surface area (Å²) in [6.45, 7) is 3.16. The van der Waals surface area contributed by atoms with Crippen LogP contribution in [0.3, 0.4) is 0 Å². The first-order valence-corrected chi connectivity index (χ1v) is 10.7. The Balaban J connectivity index is 2.77. The number of methoxy groups -OCH3 is 2. The van der Waals surface area contributed by atoms with Gasteiger partial charge >= 0.3 is 0 Å². The first kappa shape index (κ1) is 20.0. The van der Waals surface area contributed by atoms with Gasteiger partial charge in [-0.25, -0.2) is 26.8 Å². The van der Waals surface area contributed by atoms with E-state index in [1.54, 1.807) is 19.9 Å². The van der Waals surface area contributed by atoms with E-state index >= 15 is 0 Å². The minimum Gasteiger partial charge on any atom is -0.481 e. The number of nitrogens with zero attached hydrogens (tertiary/aromatic N) is 4. The number of ether oxygens (including phenoxy) is 2. The standard InChI is InChI=1S/C14H18N4O6S2/c1-8-6-9(2)16-14(15-8)26(21,22)13(25(5,19)20)12-17-10(23-3)7-11(18-12)24-4/h6-7,13H,1-5H3. The summed E-state index contributed by atoms with van der Waals surface area (Å²) in [4.78, 5) is 15.5. The first-order chi connectivity index (χ1) is 12.0. The lowest BCUT2D eigenvalue weighted by atomic mass is 10.4. The fraction of sp³-hybridized carbons (Fsp3) is 0.429. The highest BCUT2D eigenvalue weighted by Crippen LogP contribution is 2.32. The van der Waals surface area contributed by atoms with Gasteiger partial charge in [0.2, 0.25) is 31.3 Å². The van der Waals surface area contributed by atoms with Crippen molar-refractivity contribution in [1.29, 1.82) is 0 Å². The lowest BCUT2D eigenvalue weighted by Gasteiger charge is -2.15. The van der Waals surface area contributed by atoms with Gasteiger partial charge in [-0.15, -0.1) is 0 Å². The molecule has 0 saturated heterocycles. The molecular formula is C14H18N4O6S2. The zero-order chi connectivity index (χ0) is 19.7. The summed E-state index contributed by atoms with van der Waals surface area (Å²) in [6, 6.07) is 2.86. The Bertz CT molecular complexity index is 995. The van der Waals surface area contributed by atoms with Gasteiger partial charge in [0.15, 0.2) is 15.7 Å². The lowest BCUT2D eigenvalue weighted by Crippen LogP contribution is -2.26. The highest BCUT2D eigenvalue weighted by atomic mass is 32.3. The maximum atomic E-state index is 13.0. The molecule has 2 rings (SSSR count). The smallest absolute Gasteiger partial charge is 0.249 e. The summed E-state index contributed by atoms with van der Waals surface area (Å²) in [6.07, 6.45) is 0.771. The third kappa shape index (κ3) is 4.07. The second kappa shape index (κ2) is 7.11. The quantitative estimate of drug-likeness (QED) is 0.624. The van der Waals surface area contributed by atoms with Crippen molar-refractivity contribution < 1.29 is 26.3 Å². The van der Waals surface area contributed by atoms with Gasteiger partial charge in [-0.3, -0.25) is 0 Å². The molecule has 26 heavy (non-hydrogen) atoms. The molecule has 0 amide bonds. The van der Waals surface area contributed by atoms with E-state index in [9.17, 15) is 16.8 Å². The molecule has 2 heterocycles. The van der Waals surface area contributed by atoms with Gasteiger partial charge in [-0.2, -0.15) is 9.97 Å². The number of hydrogen-bond acceptors (Lipinski definition) is 10. The molecule has 0 fully saturated rings. The Hall–Kier alpha value is -2.34. The molecule has 1 unspecified atom stereocenters. The number of sulfone groups is 2. The number of hydrogen-bond donors (Lipinski definition) is 0. The molecule has 0 aromatic carbocycles. The van der Waals surface area contributed by atoms with Crippen LogP contribution in [0.1, 0.15) is 21.8 Å². The van der Waals surface area contributed by atoms with Crippen molar-refractivity contribution in [2.45, 2.75) is 23.6 Å². The van der Waals surface area contributed by atoms with E-state index < -0.39 is 35.2 Å². The van der Waals surface area contributed by atoms with Crippen LogP contribution in [-0.2, 0) is 19.7 Å². The van der Waals surface area contributed by atoms with Crippen molar-refractivity contribution in [3.05, 3.63) is 29.3 Å². The van der Waals surface area contributed by atoms with Crippen molar-refractivity contribution in [3.63, 3.8) is 0 Å². The van der Waals surface area contributed by atoms with Crippen LogP contribution in [0.25, 0.3) is 0 Å². The Kier molecular flexibility index (Phi) is 5.47. The maximum absolute atomic E-state index is 13.0. The molecular weight excluding hydrogens is 384 g/mol. The summed E-state index contributed by atoms with van der Waals surface area (Å²) >= 11 is 0. The summed E-state index contributed by atoms with van der Waals surface area (Å²) in [7, 11) is -6.17. The van der Waals surface area contributed by atoms with Crippen molar-refractivity contribution in [1.82, 2.24) is 19.9 Å². The van der Waals surface area contributed by atoms with E-state index in [-0.39, 0.29) is 11.8 Å². The predicted octanol–water partition coefficient (Wildman–Crippen LogP) is 0.418. The second-order valence-corrected chi connectivity index (χ2v) is 9.81. The van der Waals surface area contributed by atoms with E-state index in [4.69, 9.17) is 9.47 Å².